The third kappa shape index (κ3) is 3.97. The number of sulfone groups is 1. The van der Waals surface area contributed by atoms with E-state index in [0.717, 1.165) is 6.26 Å². The Kier molecular flexibility index (Phi) is 4.98. The van der Waals surface area contributed by atoms with Crippen LogP contribution in [0.2, 0.25) is 0 Å². The van der Waals surface area contributed by atoms with Gasteiger partial charge < -0.3 is 18.9 Å². The molecule has 0 N–H and O–H groups in total. The molecule has 1 aliphatic carbocycles. The molecule has 2 aliphatic heterocycles. The molecule has 3 aliphatic rings. The maximum atomic E-state index is 13.4. The molecule has 1 aromatic heterocycles. The average Bonchev–Trinajstić information content (AvgIpc) is 3.23. The Labute approximate surface area is 186 Å². The topological polar surface area (TPSA) is 112 Å². The van der Waals surface area contributed by atoms with Crippen molar-refractivity contribution in [1.82, 2.24) is 15.0 Å². The first-order valence-corrected chi connectivity index (χ1v) is 12.2. The molecular formula is C20H20F3N3O6S. The highest BCUT2D eigenvalue weighted by Crippen LogP contribution is 2.58. The fraction of sp³-hybridized carbons (Fsp3) is 0.550. The summed E-state index contributed by atoms with van der Waals surface area (Å²) in [4.78, 5) is 18.4. The van der Waals surface area contributed by atoms with Crippen LogP contribution in [0.1, 0.15) is 34.9 Å². The number of piperidine rings is 1. The summed E-state index contributed by atoms with van der Waals surface area (Å²) in [6, 6.07) is 4.09. The zero-order chi connectivity index (χ0) is 23.6. The summed E-state index contributed by atoms with van der Waals surface area (Å²) in [5, 5.41) is 3.52. The summed E-state index contributed by atoms with van der Waals surface area (Å²) < 4.78 is 78.3. The number of aromatic nitrogens is 2. The van der Waals surface area contributed by atoms with Gasteiger partial charge in [-0.3, -0.25) is 4.79 Å². The van der Waals surface area contributed by atoms with E-state index in [2.05, 4.69) is 14.7 Å². The minimum Gasteiger partial charge on any atom is -0.487 e. The smallest absolute Gasteiger partial charge is 0.471 e. The first-order chi connectivity index (χ1) is 15.5. The molecular weight excluding hydrogens is 467 g/mol. The van der Waals surface area contributed by atoms with Gasteiger partial charge in [-0.1, -0.05) is 5.16 Å². The number of ether oxygens (including phenoxy) is 2. The molecule has 0 radical (unpaired) electrons. The standard InChI is InChI=1S/C20H20F3N3O6S/c1-33(28,29)13-2-3-15(31-12-4-5-30-9-12)14(6-13)16(27)26-8-11-7-19(11,10-26)17-24-18(32-25-17)20(21,22)23/h2-3,6,11-12H,4-5,7-10H2,1H3/t11?,12-,19?/m1/s1. The van der Waals surface area contributed by atoms with Crippen LogP contribution in [0.4, 0.5) is 13.2 Å². The number of carbonyl (C=O) groups is 1. The van der Waals surface area contributed by atoms with E-state index in [-0.39, 0.29) is 47.1 Å². The van der Waals surface area contributed by atoms with Crippen molar-refractivity contribution in [2.75, 3.05) is 32.6 Å². The third-order valence-electron chi connectivity index (χ3n) is 6.34. The molecule has 33 heavy (non-hydrogen) atoms. The first-order valence-electron chi connectivity index (χ1n) is 10.3. The lowest BCUT2D eigenvalue weighted by Crippen LogP contribution is -2.34. The van der Waals surface area contributed by atoms with Crippen molar-refractivity contribution >= 4 is 15.7 Å². The molecule has 1 saturated carbocycles. The van der Waals surface area contributed by atoms with Crippen LogP contribution in [-0.4, -0.2) is 68.0 Å². The lowest BCUT2D eigenvalue weighted by Gasteiger charge is -2.23. The number of likely N-dealkylation sites (tertiary alicyclic amines) is 1. The van der Waals surface area contributed by atoms with Crippen LogP contribution in [-0.2, 0) is 26.2 Å². The van der Waals surface area contributed by atoms with E-state index in [9.17, 15) is 26.4 Å². The van der Waals surface area contributed by atoms with Crippen LogP contribution >= 0.6 is 0 Å². The molecule has 2 aromatic rings. The van der Waals surface area contributed by atoms with Gasteiger partial charge >= 0.3 is 12.1 Å². The van der Waals surface area contributed by atoms with Crippen molar-refractivity contribution in [3.05, 3.63) is 35.5 Å². The molecule has 13 heteroatoms. The predicted molar refractivity (Wildman–Crippen MR) is 104 cm³/mol. The summed E-state index contributed by atoms with van der Waals surface area (Å²) in [7, 11) is -3.58. The second-order valence-corrected chi connectivity index (χ2v) is 10.7. The normalized spacial score (nSPS) is 27.0. The maximum Gasteiger partial charge on any atom is 0.471 e. The quantitative estimate of drug-likeness (QED) is 0.630. The van der Waals surface area contributed by atoms with Gasteiger partial charge in [0.25, 0.3) is 5.91 Å². The number of rotatable bonds is 5. The van der Waals surface area contributed by atoms with Gasteiger partial charge in [0, 0.05) is 25.8 Å². The monoisotopic (exact) mass is 487 g/mol. The minimum absolute atomic E-state index is 0.0343. The van der Waals surface area contributed by atoms with Crippen molar-refractivity contribution < 1.29 is 40.4 Å². The number of alkyl halides is 3. The predicted octanol–water partition coefficient (Wildman–Crippen LogP) is 2.07. The first kappa shape index (κ1) is 22.1. The molecule has 5 rings (SSSR count). The highest BCUT2D eigenvalue weighted by Gasteiger charge is 2.65. The van der Waals surface area contributed by atoms with E-state index < -0.39 is 33.2 Å². The fourth-order valence-electron chi connectivity index (χ4n) is 4.49. The van der Waals surface area contributed by atoms with Crippen LogP contribution in [0.3, 0.4) is 0 Å². The molecule has 2 saturated heterocycles. The SMILES string of the molecule is CS(=O)(=O)c1ccc(O[C@@H]2CCOC2)c(C(=O)N2CC3CC3(c3noc(C(F)(F)F)n3)C2)c1. The summed E-state index contributed by atoms with van der Waals surface area (Å²) in [5.74, 6) is -1.83. The van der Waals surface area contributed by atoms with Crippen LogP contribution in [0.15, 0.2) is 27.6 Å². The van der Waals surface area contributed by atoms with Gasteiger partial charge in [0.2, 0.25) is 0 Å². The third-order valence-corrected chi connectivity index (χ3v) is 7.45. The second kappa shape index (κ2) is 7.42. The summed E-state index contributed by atoms with van der Waals surface area (Å²) in [6.45, 7) is 1.26. The number of benzene rings is 1. The van der Waals surface area contributed by atoms with Gasteiger partial charge in [-0.05, 0) is 30.5 Å². The number of carbonyl (C=O) groups excluding carboxylic acids is 1. The molecule has 1 amide bonds. The van der Waals surface area contributed by atoms with Gasteiger partial charge in [0.1, 0.15) is 11.9 Å². The summed E-state index contributed by atoms with van der Waals surface area (Å²) in [6.07, 6.45) is -2.80. The number of hydrogen-bond donors (Lipinski definition) is 0. The zero-order valence-electron chi connectivity index (χ0n) is 17.5. The largest absolute Gasteiger partial charge is 0.487 e. The van der Waals surface area contributed by atoms with Crippen molar-refractivity contribution in [1.29, 1.82) is 0 Å². The Balaban J connectivity index is 1.42. The van der Waals surface area contributed by atoms with Crippen LogP contribution in [0.5, 0.6) is 5.75 Å². The minimum atomic E-state index is -4.75. The Morgan fingerprint density at radius 1 is 1.33 bits per heavy atom. The Morgan fingerprint density at radius 3 is 2.76 bits per heavy atom. The van der Waals surface area contributed by atoms with Crippen LogP contribution in [0.25, 0.3) is 0 Å². The van der Waals surface area contributed by atoms with E-state index in [1.807, 2.05) is 0 Å². The number of halogens is 3. The summed E-state index contributed by atoms with van der Waals surface area (Å²) in [5.41, 5.74) is -0.720. The molecule has 1 aromatic carbocycles. The van der Waals surface area contributed by atoms with Gasteiger partial charge in [-0.2, -0.15) is 18.2 Å². The van der Waals surface area contributed by atoms with E-state index >= 15 is 0 Å². The van der Waals surface area contributed by atoms with Crippen LogP contribution < -0.4 is 4.74 Å². The number of amides is 1. The van der Waals surface area contributed by atoms with Gasteiger partial charge in [0.05, 0.1) is 29.1 Å². The fourth-order valence-corrected chi connectivity index (χ4v) is 5.14. The van der Waals surface area contributed by atoms with Crippen molar-refractivity contribution in [2.24, 2.45) is 5.92 Å². The lowest BCUT2D eigenvalue weighted by molar-refractivity contribution is -0.159. The molecule has 0 bridgehead atoms. The molecule has 0 spiro atoms. The van der Waals surface area contributed by atoms with E-state index in [1.54, 1.807) is 0 Å². The zero-order valence-corrected chi connectivity index (χ0v) is 18.3. The maximum absolute atomic E-state index is 13.4. The number of fused-ring (bicyclic) bond motifs is 1. The Bertz CT molecular complexity index is 1210. The summed E-state index contributed by atoms with van der Waals surface area (Å²) >= 11 is 0. The van der Waals surface area contributed by atoms with E-state index in [0.29, 0.717) is 26.1 Å². The lowest BCUT2D eigenvalue weighted by atomic mass is 10.1. The van der Waals surface area contributed by atoms with Crippen molar-refractivity contribution in [3.8, 4) is 5.75 Å². The Hall–Kier alpha value is -2.67. The molecule has 9 nitrogen and oxygen atoms in total. The number of nitrogens with zero attached hydrogens (tertiary/aromatic N) is 3. The molecule has 3 heterocycles. The Morgan fingerprint density at radius 2 is 2.12 bits per heavy atom. The molecule has 3 fully saturated rings. The average molecular weight is 487 g/mol. The second-order valence-electron chi connectivity index (χ2n) is 8.70. The highest BCUT2D eigenvalue weighted by molar-refractivity contribution is 7.90. The van der Waals surface area contributed by atoms with Gasteiger partial charge in [-0.25, -0.2) is 8.42 Å². The van der Waals surface area contributed by atoms with E-state index in [4.69, 9.17) is 9.47 Å². The van der Waals surface area contributed by atoms with E-state index in [1.165, 1.54) is 23.1 Å². The van der Waals surface area contributed by atoms with Crippen molar-refractivity contribution in [3.63, 3.8) is 0 Å². The molecule has 3 atom stereocenters. The number of hydrogen-bond acceptors (Lipinski definition) is 8. The van der Waals surface area contributed by atoms with Gasteiger partial charge in [0.15, 0.2) is 15.7 Å². The molecule has 2 unspecified atom stereocenters. The van der Waals surface area contributed by atoms with Crippen molar-refractivity contribution in [2.45, 2.75) is 35.4 Å². The van der Waals surface area contributed by atoms with Crippen LogP contribution in [0, 0.1) is 5.92 Å². The highest BCUT2D eigenvalue weighted by atomic mass is 32.2. The van der Waals surface area contributed by atoms with Gasteiger partial charge in [-0.15, -0.1) is 0 Å². The molecule has 178 valence electrons.